The second-order valence-electron chi connectivity index (χ2n) is 5.39. The summed E-state index contributed by atoms with van der Waals surface area (Å²) < 4.78 is 5.62. The van der Waals surface area contributed by atoms with E-state index in [4.69, 9.17) is 4.74 Å². The van der Waals surface area contributed by atoms with E-state index in [0.717, 1.165) is 19.4 Å². The van der Waals surface area contributed by atoms with Crippen LogP contribution < -0.4 is 5.32 Å². The van der Waals surface area contributed by atoms with Gasteiger partial charge in [0.05, 0.1) is 18.8 Å². The van der Waals surface area contributed by atoms with E-state index in [2.05, 4.69) is 29.4 Å². The molecular formula is C15H24N4O2. The number of nitrogens with zero attached hydrogens (tertiary/aromatic N) is 3. The van der Waals surface area contributed by atoms with Crippen molar-refractivity contribution in [3.8, 4) is 0 Å². The summed E-state index contributed by atoms with van der Waals surface area (Å²) in [5.41, 5.74) is 0.393. The lowest BCUT2D eigenvalue weighted by Crippen LogP contribution is -2.51. The molecule has 0 aromatic carbocycles. The quantitative estimate of drug-likeness (QED) is 0.898. The molecule has 6 nitrogen and oxygen atoms in total. The largest absolute Gasteiger partial charge is 0.375 e. The molecule has 1 aliphatic rings. The van der Waals surface area contributed by atoms with Gasteiger partial charge in [0.25, 0.3) is 5.91 Å². The minimum absolute atomic E-state index is 0.0634. The molecule has 1 aliphatic heterocycles. The molecule has 2 unspecified atom stereocenters. The van der Waals surface area contributed by atoms with Crippen LogP contribution in [0, 0.1) is 0 Å². The van der Waals surface area contributed by atoms with Gasteiger partial charge in [0, 0.05) is 13.1 Å². The number of hydrogen-bond acceptors (Lipinski definition) is 5. The molecule has 6 heteroatoms. The molecular weight excluding hydrogens is 268 g/mol. The van der Waals surface area contributed by atoms with Gasteiger partial charge in [-0.1, -0.05) is 13.8 Å². The Bertz CT molecular complexity index is 463. The standard InChI is InChI=1S/C15H24N4O2/c1-4-8-16-14-7-6-13(17-18-14)15(20)19-9-11(3)21-10-12(19)5-2/h6-7,11-12H,4-5,8-10H2,1-3H3,(H,16,18). The van der Waals surface area contributed by atoms with Crippen LogP contribution in [-0.2, 0) is 4.74 Å². The molecule has 0 radical (unpaired) electrons. The van der Waals surface area contributed by atoms with Crippen molar-refractivity contribution in [2.45, 2.75) is 45.8 Å². The first-order valence-electron chi connectivity index (χ1n) is 7.65. The molecule has 0 bridgehead atoms. The molecule has 2 rings (SSSR count). The third-order valence-electron chi connectivity index (χ3n) is 3.64. The zero-order valence-electron chi connectivity index (χ0n) is 13.0. The minimum Gasteiger partial charge on any atom is -0.375 e. The topological polar surface area (TPSA) is 67.4 Å². The number of rotatable bonds is 5. The Morgan fingerprint density at radius 2 is 2.24 bits per heavy atom. The highest BCUT2D eigenvalue weighted by Gasteiger charge is 2.30. The summed E-state index contributed by atoms with van der Waals surface area (Å²) in [5, 5.41) is 11.3. The second-order valence-corrected chi connectivity index (χ2v) is 5.39. The molecule has 2 atom stereocenters. The lowest BCUT2D eigenvalue weighted by Gasteiger charge is -2.38. The van der Waals surface area contributed by atoms with Gasteiger partial charge in [-0.25, -0.2) is 0 Å². The van der Waals surface area contributed by atoms with Gasteiger partial charge in [-0.3, -0.25) is 4.79 Å². The third-order valence-corrected chi connectivity index (χ3v) is 3.64. The Balaban J connectivity index is 2.07. The fourth-order valence-corrected chi connectivity index (χ4v) is 2.37. The Labute approximate surface area is 125 Å². The highest BCUT2D eigenvalue weighted by atomic mass is 16.5. The molecule has 0 aliphatic carbocycles. The van der Waals surface area contributed by atoms with E-state index in [1.54, 1.807) is 12.1 Å². The van der Waals surface area contributed by atoms with Crippen molar-refractivity contribution in [2.75, 3.05) is 25.0 Å². The number of nitrogens with one attached hydrogen (secondary N) is 1. The zero-order chi connectivity index (χ0) is 15.2. The molecule has 1 aromatic heterocycles. The van der Waals surface area contributed by atoms with E-state index in [1.165, 1.54) is 0 Å². The summed E-state index contributed by atoms with van der Waals surface area (Å²) in [4.78, 5) is 14.4. The van der Waals surface area contributed by atoms with Gasteiger partial charge >= 0.3 is 0 Å². The minimum atomic E-state index is -0.0634. The molecule has 21 heavy (non-hydrogen) atoms. The number of carbonyl (C=O) groups excluding carboxylic acids is 1. The smallest absolute Gasteiger partial charge is 0.274 e. The lowest BCUT2D eigenvalue weighted by atomic mass is 10.1. The van der Waals surface area contributed by atoms with Crippen molar-refractivity contribution in [3.05, 3.63) is 17.8 Å². The normalized spacial score (nSPS) is 22.1. The van der Waals surface area contributed by atoms with Crippen molar-refractivity contribution in [2.24, 2.45) is 0 Å². The number of ether oxygens (including phenoxy) is 1. The fraction of sp³-hybridized carbons (Fsp3) is 0.667. The lowest BCUT2D eigenvalue weighted by molar-refractivity contribution is -0.0446. The SMILES string of the molecule is CCCNc1ccc(C(=O)N2CC(C)OCC2CC)nn1. The Hall–Kier alpha value is -1.69. The predicted octanol–water partition coefficient (Wildman–Crippen LogP) is 1.94. The maximum atomic E-state index is 12.6. The van der Waals surface area contributed by atoms with Gasteiger partial charge < -0.3 is 15.0 Å². The average molecular weight is 292 g/mol. The summed E-state index contributed by atoms with van der Waals surface area (Å²) in [7, 11) is 0. The van der Waals surface area contributed by atoms with Crippen LogP contribution in [0.1, 0.15) is 44.1 Å². The second kappa shape index (κ2) is 7.36. The monoisotopic (exact) mass is 292 g/mol. The third kappa shape index (κ3) is 3.91. The first kappa shape index (κ1) is 15.7. The summed E-state index contributed by atoms with van der Waals surface area (Å²) in [6, 6.07) is 3.66. The van der Waals surface area contributed by atoms with E-state index in [1.807, 2.05) is 11.8 Å². The van der Waals surface area contributed by atoms with E-state index in [0.29, 0.717) is 24.7 Å². The van der Waals surface area contributed by atoms with Crippen LogP contribution in [0.3, 0.4) is 0 Å². The molecule has 116 valence electrons. The average Bonchev–Trinajstić information content (AvgIpc) is 2.52. The molecule has 1 saturated heterocycles. The van der Waals surface area contributed by atoms with Crippen molar-refractivity contribution in [1.29, 1.82) is 0 Å². The first-order valence-corrected chi connectivity index (χ1v) is 7.65. The Kier molecular flexibility index (Phi) is 5.50. The Morgan fingerprint density at radius 3 is 2.86 bits per heavy atom. The fourth-order valence-electron chi connectivity index (χ4n) is 2.37. The number of hydrogen-bond donors (Lipinski definition) is 1. The summed E-state index contributed by atoms with van der Waals surface area (Å²) in [6.45, 7) is 8.18. The van der Waals surface area contributed by atoms with E-state index >= 15 is 0 Å². The van der Waals surface area contributed by atoms with Gasteiger partial charge in [0.2, 0.25) is 0 Å². The number of amides is 1. The maximum Gasteiger partial charge on any atom is 0.274 e. The molecule has 2 heterocycles. The highest BCUT2D eigenvalue weighted by molar-refractivity contribution is 5.92. The van der Waals surface area contributed by atoms with Crippen LogP contribution in [0.15, 0.2) is 12.1 Å². The van der Waals surface area contributed by atoms with Crippen LogP contribution in [0.5, 0.6) is 0 Å². The first-order chi connectivity index (χ1) is 10.2. The maximum absolute atomic E-state index is 12.6. The van der Waals surface area contributed by atoms with Crippen LogP contribution in [0.25, 0.3) is 0 Å². The molecule has 1 fully saturated rings. The summed E-state index contributed by atoms with van der Waals surface area (Å²) >= 11 is 0. The molecule has 1 amide bonds. The van der Waals surface area contributed by atoms with E-state index < -0.39 is 0 Å². The van der Waals surface area contributed by atoms with Crippen LogP contribution in [0.4, 0.5) is 5.82 Å². The van der Waals surface area contributed by atoms with Gasteiger partial charge in [-0.2, -0.15) is 0 Å². The van der Waals surface area contributed by atoms with Crippen molar-refractivity contribution >= 4 is 11.7 Å². The van der Waals surface area contributed by atoms with Crippen LogP contribution in [-0.4, -0.2) is 52.8 Å². The molecule has 0 spiro atoms. The number of carbonyl (C=O) groups is 1. The van der Waals surface area contributed by atoms with Crippen molar-refractivity contribution < 1.29 is 9.53 Å². The van der Waals surface area contributed by atoms with Gasteiger partial charge in [-0.15, -0.1) is 10.2 Å². The van der Waals surface area contributed by atoms with Gasteiger partial charge in [-0.05, 0) is 31.9 Å². The zero-order valence-corrected chi connectivity index (χ0v) is 13.0. The van der Waals surface area contributed by atoms with Crippen molar-refractivity contribution in [1.82, 2.24) is 15.1 Å². The predicted molar refractivity (Wildman–Crippen MR) is 81.3 cm³/mol. The number of morpholine rings is 1. The van der Waals surface area contributed by atoms with Crippen LogP contribution in [0.2, 0.25) is 0 Å². The van der Waals surface area contributed by atoms with E-state index in [9.17, 15) is 4.79 Å². The molecule has 1 aromatic rings. The molecule has 1 N–H and O–H groups in total. The summed E-state index contributed by atoms with van der Waals surface area (Å²) in [6.07, 6.45) is 1.96. The highest BCUT2D eigenvalue weighted by Crippen LogP contribution is 2.17. The summed E-state index contributed by atoms with van der Waals surface area (Å²) in [5.74, 6) is 0.641. The van der Waals surface area contributed by atoms with Crippen molar-refractivity contribution in [3.63, 3.8) is 0 Å². The Morgan fingerprint density at radius 1 is 1.43 bits per heavy atom. The number of anilines is 1. The van der Waals surface area contributed by atoms with Crippen LogP contribution >= 0.6 is 0 Å². The van der Waals surface area contributed by atoms with Gasteiger partial charge in [0.1, 0.15) is 5.82 Å². The molecule has 0 saturated carbocycles. The van der Waals surface area contributed by atoms with Gasteiger partial charge in [0.15, 0.2) is 5.69 Å². The van der Waals surface area contributed by atoms with E-state index in [-0.39, 0.29) is 18.1 Å². The number of aromatic nitrogens is 2.